The lowest BCUT2D eigenvalue weighted by Crippen LogP contribution is -2.09. The first kappa shape index (κ1) is 34.2. The minimum absolute atomic E-state index is 0.00850. The molecule has 4 N–H and O–H groups in total. The molecule has 7 heterocycles. The molecule has 0 aliphatic carbocycles. The monoisotopic (exact) mass is 728 g/mol. The molecule has 0 fully saturated rings. The molecule has 7 rings (SSSR count). The third-order valence-electron chi connectivity index (χ3n) is 7.44. The van der Waals surface area contributed by atoms with Crippen LogP contribution >= 0.6 is 0 Å². The molecule has 0 radical (unpaired) electrons. The fourth-order valence-corrected chi connectivity index (χ4v) is 4.90. The van der Waals surface area contributed by atoms with Crippen molar-refractivity contribution < 1.29 is 19.1 Å². The molecule has 0 saturated heterocycles. The Morgan fingerprint density at radius 2 is 1.15 bits per heavy atom. The van der Waals surface area contributed by atoms with Gasteiger partial charge in [-0.2, -0.15) is 39.1 Å². The second kappa shape index (κ2) is 14.1. The number of esters is 1. The van der Waals surface area contributed by atoms with Gasteiger partial charge in [0.2, 0.25) is 5.78 Å². The number of aryl methyl sites for hydroxylation is 2. The predicted molar refractivity (Wildman–Crippen MR) is 183 cm³/mol. The number of carbonyl (C=O) groups excluding carboxylic acids is 3. The van der Waals surface area contributed by atoms with Gasteiger partial charge in [0, 0.05) is 30.9 Å². The van der Waals surface area contributed by atoms with Crippen molar-refractivity contribution in [3.05, 3.63) is 84.2 Å². The molecule has 0 aliphatic rings. The molecule has 0 aliphatic heterocycles. The Bertz CT molecular complexity index is 2600. The Balaban J connectivity index is 1.21. The molecule has 54 heavy (non-hydrogen) atoms. The number of aromatic nitrogens is 14. The quantitative estimate of drug-likeness (QED) is 0.0635. The third-order valence-corrected chi connectivity index (χ3v) is 7.44. The Labute approximate surface area is 301 Å². The van der Waals surface area contributed by atoms with Crippen LogP contribution in [0, 0.1) is 13.8 Å². The SMILES string of the molecule is COC(=O)c1cnn(-c2ncccn2)c1/N=N/c1c(C)nn(-c2cc(-n3nc(C)c(/N=N/c4c(C(=O)C=O)cnn4-c4ncccn4)c3N)ncn2)c1N. The van der Waals surface area contributed by atoms with E-state index in [0.29, 0.717) is 11.4 Å². The molecule has 24 heteroatoms. The number of azo groups is 2. The Morgan fingerprint density at radius 1 is 0.685 bits per heavy atom. The van der Waals surface area contributed by atoms with Gasteiger partial charge in [-0.25, -0.2) is 34.7 Å². The van der Waals surface area contributed by atoms with Crippen LogP contribution in [0.2, 0.25) is 0 Å². The molecular formula is C30H24N20O4. The Morgan fingerprint density at radius 3 is 1.61 bits per heavy atom. The molecule has 24 nitrogen and oxygen atoms in total. The highest BCUT2D eigenvalue weighted by Crippen LogP contribution is 2.34. The van der Waals surface area contributed by atoms with Crippen molar-refractivity contribution in [1.82, 2.24) is 69.0 Å². The van der Waals surface area contributed by atoms with Crippen LogP contribution in [-0.2, 0) is 9.53 Å². The lowest BCUT2D eigenvalue weighted by atomic mass is 10.2. The van der Waals surface area contributed by atoms with Crippen LogP contribution in [0.1, 0.15) is 32.1 Å². The van der Waals surface area contributed by atoms with E-state index in [9.17, 15) is 14.4 Å². The van der Waals surface area contributed by atoms with Crippen molar-refractivity contribution in [3.63, 3.8) is 0 Å². The number of nitrogen functional groups attached to an aromatic ring is 2. The van der Waals surface area contributed by atoms with Gasteiger partial charge < -0.3 is 16.2 Å². The maximum atomic E-state index is 12.5. The van der Waals surface area contributed by atoms with Gasteiger partial charge in [-0.05, 0) is 26.0 Å². The second-order valence-electron chi connectivity index (χ2n) is 10.8. The fraction of sp³-hybridized carbons (Fsp3) is 0.100. The number of ketones is 1. The van der Waals surface area contributed by atoms with E-state index in [1.54, 1.807) is 26.0 Å². The minimum Gasteiger partial charge on any atom is -0.465 e. The highest BCUT2D eigenvalue weighted by molar-refractivity contribution is 6.34. The summed E-state index contributed by atoms with van der Waals surface area (Å²) in [6, 6.07) is 4.72. The number of nitrogens with two attached hydrogens (primary N) is 2. The van der Waals surface area contributed by atoms with Crippen molar-refractivity contribution >= 4 is 52.7 Å². The molecule has 0 saturated carbocycles. The van der Waals surface area contributed by atoms with E-state index in [4.69, 9.17) is 16.2 Å². The Kier molecular flexibility index (Phi) is 8.94. The molecule has 0 unspecified atom stereocenters. The van der Waals surface area contributed by atoms with E-state index < -0.39 is 11.8 Å². The molecule has 0 bridgehead atoms. The van der Waals surface area contributed by atoms with E-state index in [-0.39, 0.29) is 75.6 Å². The smallest absolute Gasteiger partial charge is 0.343 e. The molecule has 268 valence electrons. The summed E-state index contributed by atoms with van der Waals surface area (Å²) >= 11 is 0. The van der Waals surface area contributed by atoms with Crippen LogP contribution in [0.4, 0.5) is 34.6 Å². The van der Waals surface area contributed by atoms with E-state index in [1.165, 1.54) is 64.5 Å². The van der Waals surface area contributed by atoms with Gasteiger partial charge in [0.1, 0.15) is 11.9 Å². The number of carbonyl (C=O) groups is 3. The summed E-state index contributed by atoms with van der Waals surface area (Å²) in [5, 5.41) is 34.2. The van der Waals surface area contributed by atoms with E-state index in [0.717, 1.165) is 10.9 Å². The first-order valence-electron chi connectivity index (χ1n) is 15.3. The fourth-order valence-electron chi connectivity index (χ4n) is 4.90. The van der Waals surface area contributed by atoms with Gasteiger partial charge >= 0.3 is 5.97 Å². The van der Waals surface area contributed by atoms with Crippen LogP contribution in [0.3, 0.4) is 0 Å². The second-order valence-corrected chi connectivity index (χ2v) is 10.8. The molecule has 0 aromatic carbocycles. The van der Waals surface area contributed by atoms with Gasteiger partial charge in [0.25, 0.3) is 11.9 Å². The Hall–Kier alpha value is -8.31. The highest BCUT2D eigenvalue weighted by Gasteiger charge is 2.24. The summed E-state index contributed by atoms with van der Waals surface area (Å²) < 4.78 is 9.85. The van der Waals surface area contributed by atoms with Crippen molar-refractivity contribution in [3.8, 4) is 23.5 Å². The summed E-state index contributed by atoms with van der Waals surface area (Å²) in [5.41, 5.74) is 13.8. The summed E-state index contributed by atoms with van der Waals surface area (Å²) in [6.07, 6.45) is 9.75. The van der Waals surface area contributed by atoms with E-state index in [1.807, 2.05) is 0 Å². The first-order valence-corrected chi connectivity index (χ1v) is 15.3. The normalized spacial score (nSPS) is 11.5. The number of ether oxygens (including phenoxy) is 1. The summed E-state index contributed by atoms with van der Waals surface area (Å²) in [6.45, 7) is 3.28. The van der Waals surface area contributed by atoms with Crippen LogP contribution in [0.25, 0.3) is 23.5 Å². The maximum absolute atomic E-state index is 12.5. The number of anilines is 2. The maximum Gasteiger partial charge on any atom is 0.343 e. The van der Waals surface area contributed by atoms with Crippen LogP contribution in [0.5, 0.6) is 0 Å². The number of nitrogens with zero attached hydrogens (tertiary/aromatic N) is 18. The first-order chi connectivity index (χ1) is 26.2. The predicted octanol–water partition coefficient (Wildman–Crippen LogP) is 2.58. The zero-order valence-corrected chi connectivity index (χ0v) is 28.2. The van der Waals surface area contributed by atoms with E-state index >= 15 is 0 Å². The van der Waals surface area contributed by atoms with E-state index in [2.05, 4.69) is 70.8 Å². The summed E-state index contributed by atoms with van der Waals surface area (Å²) in [4.78, 5) is 61.3. The lowest BCUT2D eigenvalue weighted by Gasteiger charge is -2.06. The summed E-state index contributed by atoms with van der Waals surface area (Å²) in [7, 11) is 1.22. The van der Waals surface area contributed by atoms with Crippen LogP contribution in [-0.4, -0.2) is 94.2 Å². The van der Waals surface area contributed by atoms with Crippen molar-refractivity contribution in [2.75, 3.05) is 18.6 Å². The number of rotatable bonds is 11. The lowest BCUT2D eigenvalue weighted by molar-refractivity contribution is -0.104. The number of methoxy groups -OCH3 is 1. The van der Waals surface area contributed by atoms with Gasteiger partial charge in [-0.15, -0.1) is 20.5 Å². The molecule has 0 spiro atoms. The van der Waals surface area contributed by atoms with Crippen LogP contribution < -0.4 is 11.5 Å². The zero-order chi connectivity index (χ0) is 37.9. The van der Waals surface area contributed by atoms with Crippen LogP contribution in [0.15, 0.2) is 82.2 Å². The average molecular weight is 729 g/mol. The number of hydrogen-bond acceptors (Lipinski definition) is 20. The summed E-state index contributed by atoms with van der Waals surface area (Å²) in [5.74, 6) is -1.00. The van der Waals surface area contributed by atoms with Crippen molar-refractivity contribution in [1.29, 1.82) is 0 Å². The largest absolute Gasteiger partial charge is 0.465 e. The number of Topliss-reactive ketones (excluding diaryl/α,β-unsaturated/α-hetero) is 1. The third kappa shape index (κ3) is 6.16. The van der Waals surface area contributed by atoms with Crippen molar-refractivity contribution in [2.45, 2.75) is 13.8 Å². The molecule has 0 atom stereocenters. The standard InChI is InChI=1S/C30H24N20O4/c1-15-22(41-43-26-17(19(52)13-51)11-39-49(26)29-33-6-4-7-34-29)24(31)47(45-15)20-10-21(38-14-37-20)48-25(32)23(16(2)46-48)42-44-27-18(28(53)54-3)12-40-50(27)30-35-8-5-9-36-30/h4-14H,31-32H2,1-3H3/b43-41+,44-42+. The average Bonchev–Trinajstić information content (AvgIpc) is 3.96. The molecule has 0 amide bonds. The zero-order valence-electron chi connectivity index (χ0n) is 28.2. The number of hydrogen-bond donors (Lipinski definition) is 2. The van der Waals surface area contributed by atoms with Gasteiger partial charge in [0.05, 0.1) is 36.5 Å². The minimum atomic E-state index is -0.878. The molecule has 7 aromatic rings. The van der Waals surface area contributed by atoms with Gasteiger partial charge in [0.15, 0.2) is 52.6 Å². The topological polar surface area (TPSA) is 311 Å². The molecule has 7 aromatic heterocycles. The van der Waals surface area contributed by atoms with Crippen molar-refractivity contribution in [2.24, 2.45) is 20.5 Å². The van der Waals surface area contributed by atoms with Gasteiger partial charge in [-0.1, -0.05) is 0 Å². The van der Waals surface area contributed by atoms with Gasteiger partial charge in [-0.3, -0.25) is 9.59 Å². The highest BCUT2D eigenvalue weighted by atomic mass is 16.5. The molecular weight excluding hydrogens is 704 g/mol. The number of aldehydes is 1.